The topological polar surface area (TPSA) is 63.6 Å². The largest absolute Gasteiger partial charge is 0.481 e. The van der Waals surface area contributed by atoms with Crippen molar-refractivity contribution < 1.29 is 19.4 Å². The van der Waals surface area contributed by atoms with E-state index in [1.807, 2.05) is 0 Å². The molecule has 0 bridgehead atoms. The van der Waals surface area contributed by atoms with Crippen molar-refractivity contribution in [3.05, 3.63) is 0 Å². The quantitative estimate of drug-likeness (QED) is 0.506. The Balaban J connectivity index is 2.38. The fourth-order valence-corrected chi connectivity index (χ4v) is 3.12. The highest BCUT2D eigenvalue weighted by Gasteiger charge is 2.32. The van der Waals surface area contributed by atoms with Crippen molar-refractivity contribution >= 4 is 11.9 Å². The van der Waals surface area contributed by atoms with Crippen LogP contribution in [0.15, 0.2) is 0 Å². The van der Waals surface area contributed by atoms with Crippen LogP contribution >= 0.6 is 0 Å². The fraction of sp³-hybridized carbons (Fsp3) is 0.889. The van der Waals surface area contributed by atoms with Crippen molar-refractivity contribution in [1.82, 2.24) is 0 Å². The molecule has 1 N–H and O–H groups in total. The molecule has 1 atom stereocenters. The molecule has 1 saturated carbocycles. The molecule has 0 amide bonds. The van der Waals surface area contributed by atoms with Gasteiger partial charge in [0.05, 0.1) is 11.8 Å². The second kappa shape index (κ2) is 9.86. The van der Waals surface area contributed by atoms with Gasteiger partial charge in [0, 0.05) is 0 Å². The Labute approximate surface area is 134 Å². The first-order chi connectivity index (χ1) is 10.5. The van der Waals surface area contributed by atoms with Crippen molar-refractivity contribution in [2.75, 3.05) is 0 Å². The second-order valence-corrected chi connectivity index (χ2v) is 6.96. The maximum atomic E-state index is 12.3. The Morgan fingerprint density at radius 2 is 1.64 bits per heavy atom. The third kappa shape index (κ3) is 6.37. The lowest BCUT2D eigenvalue weighted by atomic mass is 9.82. The zero-order valence-electron chi connectivity index (χ0n) is 14.3. The summed E-state index contributed by atoms with van der Waals surface area (Å²) in [5, 5.41) is 9.01. The molecule has 0 saturated heterocycles. The molecule has 0 aliphatic heterocycles. The molecule has 0 spiro atoms. The predicted octanol–water partition coefficient (Wildman–Crippen LogP) is 4.42. The number of unbranched alkanes of at least 4 members (excludes halogenated alkanes) is 3. The Kier molecular flexibility index (Phi) is 8.51. The Hall–Kier alpha value is -1.06. The number of carboxylic acids is 1. The lowest BCUT2D eigenvalue weighted by Gasteiger charge is -2.28. The average molecular weight is 312 g/mol. The Morgan fingerprint density at radius 3 is 2.14 bits per heavy atom. The Morgan fingerprint density at radius 1 is 1.05 bits per heavy atom. The van der Waals surface area contributed by atoms with Gasteiger partial charge in [-0.2, -0.15) is 0 Å². The standard InChI is InChI=1S/C18H32O4/c1-4-5-6-7-8-16(13(2)3)22-18(21)15-11-9-14(10-12-15)17(19)20/h13-16H,4-12H2,1-3H3,(H,19,20). The zero-order chi connectivity index (χ0) is 16.5. The molecule has 0 aromatic heterocycles. The second-order valence-electron chi connectivity index (χ2n) is 6.96. The van der Waals surface area contributed by atoms with Crippen molar-refractivity contribution in [3.8, 4) is 0 Å². The summed E-state index contributed by atoms with van der Waals surface area (Å²) in [4.78, 5) is 23.3. The molecule has 4 heteroatoms. The minimum absolute atomic E-state index is 0.00144. The summed E-state index contributed by atoms with van der Waals surface area (Å²) in [6.45, 7) is 6.38. The van der Waals surface area contributed by atoms with Gasteiger partial charge in [-0.25, -0.2) is 0 Å². The van der Waals surface area contributed by atoms with Gasteiger partial charge in [0.25, 0.3) is 0 Å². The number of carbonyl (C=O) groups excluding carboxylic acids is 1. The molecule has 1 rings (SSSR count). The number of carboxylic acid groups (broad SMARTS) is 1. The number of esters is 1. The van der Waals surface area contributed by atoms with E-state index in [1.54, 1.807) is 0 Å². The summed E-state index contributed by atoms with van der Waals surface area (Å²) < 4.78 is 5.74. The van der Waals surface area contributed by atoms with Crippen molar-refractivity contribution in [1.29, 1.82) is 0 Å². The number of ether oxygens (including phenoxy) is 1. The van der Waals surface area contributed by atoms with E-state index in [4.69, 9.17) is 9.84 Å². The molecule has 1 aliphatic rings. The normalized spacial score (nSPS) is 23.3. The van der Waals surface area contributed by atoms with Gasteiger partial charge in [0.2, 0.25) is 0 Å². The molecule has 0 heterocycles. The third-order valence-corrected chi connectivity index (χ3v) is 4.76. The van der Waals surface area contributed by atoms with Gasteiger partial charge >= 0.3 is 11.9 Å². The van der Waals surface area contributed by atoms with E-state index in [-0.39, 0.29) is 23.9 Å². The Bertz CT molecular complexity index is 343. The highest BCUT2D eigenvalue weighted by molar-refractivity contribution is 5.74. The van der Waals surface area contributed by atoms with Crippen molar-refractivity contribution in [2.45, 2.75) is 84.7 Å². The maximum Gasteiger partial charge on any atom is 0.309 e. The monoisotopic (exact) mass is 312 g/mol. The highest BCUT2D eigenvalue weighted by atomic mass is 16.5. The summed E-state index contributed by atoms with van der Waals surface area (Å²) in [6.07, 6.45) is 8.17. The summed E-state index contributed by atoms with van der Waals surface area (Å²) in [5.41, 5.74) is 0. The lowest BCUT2D eigenvalue weighted by Crippen LogP contribution is -2.31. The van der Waals surface area contributed by atoms with Gasteiger partial charge < -0.3 is 9.84 Å². The van der Waals surface area contributed by atoms with Crippen LogP contribution in [0.5, 0.6) is 0 Å². The third-order valence-electron chi connectivity index (χ3n) is 4.76. The van der Waals surface area contributed by atoms with Crippen LogP contribution in [-0.4, -0.2) is 23.1 Å². The first kappa shape index (κ1) is 19.0. The molecule has 22 heavy (non-hydrogen) atoms. The number of aliphatic carboxylic acids is 1. The average Bonchev–Trinajstić information content (AvgIpc) is 2.50. The van der Waals surface area contributed by atoms with E-state index in [1.165, 1.54) is 19.3 Å². The molecule has 4 nitrogen and oxygen atoms in total. The van der Waals surface area contributed by atoms with E-state index in [0.717, 1.165) is 12.8 Å². The number of carbonyl (C=O) groups is 2. The number of hydrogen-bond donors (Lipinski definition) is 1. The number of rotatable bonds is 9. The maximum absolute atomic E-state index is 12.3. The summed E-state index contributed by atoms with van der Waals surface area (Å²) in [7, 11) is 0. The van der Waals surface area contributed by atoms with Gasteiger partial charge in [-0.15, -0.1) is 0 Å². The highest BCUT2D eigenvalue weighted by Crippen LogP contribution is 2.30. The lowest BCUT2D eigenvalue weighted by molar-refractivity contribution is -0.159. The van der Waals surface area contributed by atoms with Crippen LogP contribution in [0.1, 0.15) is 78.6 Å². The molecule has 0 aromatic carbocycles. The first-order valence-corrected chi connectivity index (χ1v) is 8.89. The molecule has 1 fully saturated rings. The number of hydrogen-bond acceptors (Lipinski definition) is 3. The first-order valence-electron chi connectivity index (χ1n) is 8.89. The van der Waals surface area contributed by atoms with Gasteiger partial charge in [-0.3, -0.25) is 9.59 Å². The molecule has 1 aliphatic carbocycles. The van der Waals surface area contributed by atoms with E-state index in [2.05, 4.69) is 20.8 Å². The van der Waals surface area contributed by atoms with Crippen LogP contribution in [0.4, 0.5) is 0 Å². The molecular formula is C18H32O4. The summed E-state index contributed by atoms with van der Waals surface area (Å²) in [6, 6.07) is 0. The van der Waals surface area contributed by atoms with E-state index in [9.17, 15) is 9.59 Å². The minimum Gasteiger partial charge on any atom is -0.481 e. The van der Waals surface area contributed by atoms with Gasteiger partial charge in [0.1, 0.15) is 6.10 Å². The van der Waals surface area contributed by atoms with E-state index < -0.39 is 5.97 Å². The predicted molar refractivity (Wildman–Crippen MR) is 86.6 cm³/mol. The van der Waals surface area contributed by atoms with Crippen LogP contribution in [0.3, 0.4) is 0 Å². The molecule has 0 radical (unpaired) electrons. The van der Waals surface area contributed by atoms with Crippen LogP contribution in [-0.2, 0) is 14.3 Å². The summed E-state index contributed by atoms with van der Waals surface area (Å²) >= 11 is 0. The van der Waals surface area contributed by atoms with Crippen LogP contribution < -0.4 is 0 Å². The van der Waals surface area contributed by atoms with Gasteiger partial charge in [-0.1, -0.05) is 40.0 Å². The molecule has 0 aromatic rings. The molecule has 128 valence electrons. The van der Waals surface area contributed by atoms with Crippen LogP contribution in [0, 0.1) is 17.8 Å². The van der Waals surface area contributed by atoms with Crippen LogP contribution in [0.25, 0.3) is 0 Å². The van der Waals surface area contributed by atoms with E-state index in [0.29, 0.717) is 31.6 Å². The molecule has 1 unspecified atom stereocenters. The zero-order valence-corrected chi connectivity index (χ0v) is 14.3. The summed E-state index contributed by atoms with van der Waals surface area (Å²) in [5.74, 6) is -0.895. The van der Waals surface area contributed by atoms with Crippen LogP contribution in [0.2, 0.25) is 0 Å². The molecular weight excluding hydrogens is 280 g/mol. The minimum atomic E-state index is -0.734. The SMILES string of the molecule is CCCCCCC(OC(=O)C1CCC(C(=O)O)CC1)C(C)C. The fourth-order valence-electron chi connectivity index (χ4n) is 3.12. The van der Waals surface area contributed by atoms with Crippen molar-refractivity contribution in [3.63, 3.8) is 0 Å². The van der Waals surface area contributed by atoms with Gasteiger partial charge in [-0.05, 0) is 44.4 Å². The van der Waals surface area contributed by atoms with Gasteiger partial charge in [0.15, 0.2) is 0 Å². The van der Waals surface area contributed by atoms with Crippen molar-refractivity contribution in [2.24, 2.45) is 17.8 Å². The smallest absolute Gasteiger partial charge is 0.309 e. The van der Waals surface area contributed by atoms with E-state index >= 15 is 0 Å².